The van der Waals surface area contributed by atoms with Crippen molar-refractivity contribution in [1.82, 2.24) is 4.90 Å². The zero-order valence-corrected chi connectivity index (χ0v) is 21.3. The van der Waals surface area contributed by atoms with E-state index in [9.17, 15) is 0 Å². The Balaban J connectivity index is 1.28. The highest BCUT2D eigenvalue weighted by Crippen LogP contribution is 2.65. The first-order valence-electron chi connectivity index (χ1n) is 13.8. The molecular formula is C29H46N2O. The second-order valence-corrected chi connectivity index (χ2v) is 13.5. The van der Waals surface area contributed by atoms with Crippen LogP contribution in [0.5, 0.6) is 0 Å². The van der Waals surface area contributed by atoms with E-state index in [2.05, 4.69) is 39.6 Å². The van der Waals surface area contributed by atoms with Crippen molar-refractivity contribution in [2.45, 2.75) is 110 Å². The van der Waals surface area contributed by atoms with Crippen LogP contribution in [-0.4, -0.2) is 42.0 Å². The zero-order valence-electron chi connectivity index (χ0n) is 21.3. The van der Waals surface area contributed by atoms with Gasteiger partial charge in [0, 0.05) is 24.2 Å². The maximum atomic E-state index is 8.29. The highest BCUT2D eigenvalue weighted by Gasteiger charge is 2.59. The van der Waals surface area contributed by atoms with Gasteiger partial charge >= 0.3 is 0 Å². The molecule has 6 rings (SSSR count). The number of likely N-dealkylation sites (N-methyl/N-ethyl adjacent to an activating group) is 1. The predicted molar refractivity (Wildman–Crippen MR) is 131 cm³/mol. The van der Waals surface area contributed by atoms with Crippen LogP contribution in [0, 0.1) is 46.3 Å². The van der Waals surface area contributed by atoms with Gasteiger partial charge in [-0.05, 0) is 113 Å². The van der Waals surface area contributed by atoms with Gasteiger partial charge in [-0.15, -0.1) is 0 Å². The van der Waals surface area contributed by atoms with Crippen LogP contribution in [0.3, 0.4) is 0 Å². The van der Waals surface area contributed by atoms with Crippen LogP contribution in [0.1, 0.15) is 91.9 Å². The van der Waals surface area contributed by atoms with Crippen molar-refractivity contribution in [3.63, 3.8) is 0 Å². The number of likely N-dealkylation sites (tertiary alicyclic amines) is 1. The Hall–Kier alpha value is -0.670. The van der Waals surface area contributed by atoms with Crippen LogP contribution < -0.4 is 0 Å². The molecule has 0 aromatic heterocycles. The number of nitrogens with zero attached hydrogens (tertiary/aromatic N) is 1. The summed E-state index contributed by atoms with van der Waals surface area (Å²) in [5.74, 6) is 4.74. The minimum atomic E-state index is 0.0750. The number of allylic oxidation sites excluding steroid dienone is 1. The summed E-state index contributed by atoms with van der Waals surface area (Å²) in [7, 11) is 2.34. The standard InChI is InChI=1S/C29H46N2O/c1-17-12-26-27(31(5)16-17)19(3)29(32-26)11-9-22-23-7-6-20-13-21(30)8-10-28(20,4)25(23)14-24(22)18(2)15-29/h17,19-20,22-23,25-27,30H,6-16H2,1-5H3/t17-,19+,20+,22-,23-,25-,26+,27-,28-,29-/m0/s1. The maximum absolute atomic E-state index is 8.29. The number of ether oxygens (including phenoxy) is 1. The normalized spacial score (nSPS) is 53.6. The number of rotatable bonds is 0. The first kappa shape index (κ1) is 21.8. The Bertz CT molecular complexity index is 833. The molecule has 178 valence electrons. The molecule has 5 fully saturated rings. The van der Waals surface area contributed by atoms with Crippen LogP contribution in [0.25, 0.3) is 0 Å². The number of hydrogen-bond acceptors (Lipinski definition) is 3. The fourth-order valence-corrected chi connectivity index (χ4v) is 10.2. The molecule has 6 aliphatic rings. The molecule has 3 heteroatoms. The summed E-state index contributed by atoms with van der Waals surface area (Å²) >= 11 is 0. The van der Waals surface area contributed by atoms with E-state index in [1.165, 1.54) is 57.9 Å². The lowest BCUT2D eigenvalue weighted by atomic mass is 9.52. The number of piperidine rings is 1. The Morgan fingerprint density at radius 1 is 1.09 bits per heavy atom. The minimum Gasteiger partial charge on any atom is -0.369 e. The number of hydrogen-bond donors (Lipinski definition) is 1. The second kappa shape index (κ2) is 7.41. The molecule has 0 radical (unpaired) electrons. The fourth-order valence-electron chi connectivity index (χ4n) is 10.2. The van der Waals surface area contributed by atoms with E-state index >= 15 is 0 Å². The third kappa shape index (κ3) is 3.02. The second-order valence-electron chi connectivity index (χ2n) is 13.5. The van der Waals surface area contributed by atoms with Crippen molar-refractivity contribution < 1.29 is 4.74 Å². The summed E-state index contributed by atoms with van der Waals surface area (Å²) < 4.78 is 7.12. The number of fused-ring (bicyclic) bond motifs is 6. The Morgan fingerprint density at radius 3 is 2.72 bits per heavy atom. The first-order chi connectivity index (χ1) is 15.2. The predicted octanol–water partition coefficient (Wildman–Crippen LogP) is 6.47. The van der Waals surface area contributed by atoms with Gasteiger partial charge in [0.15, 0.2) is 0 Å². The molecule has 2 aliphatic heterocycles. The molecule has 3 saturated carbocycles. The average Bonchev–Trinajstić information content (AvgIpc) is 3.19. The lowest BCUT2D eigenvalue weighted by molar-refractivity contribution is -0.0788. The van der Waals surface area contributed by atoms with E-state index in [-0.39, 0.29) is 5.60 Å². The summed E-state index contributed by atoms with van der Waals surface area (Å²) in [5.41, 5.74) is 5.14. The van der Waals surface area contributed by atoms with Gasteiger partial charge < -0.3 is 15.0 Å². The molecule has 1 spiro atoms. The van der Waals surface area contributed by atoms with Crippen molar-refractivity contribution >= 4 is 5.71 Å². The molecular weight excluding hydrogens is 392 g/mol. The number of nitrogens with one attached hydrogen (secondary N) is 1. The molecule has 32 heavy (non-hydrogen) atoms. The highest BCUT2D eigenvalue weighted by molar-refractivity contribution is 5.82. The summed E-state index contributed by atoms with van der Waals surface area (Å²) in [4.78, 5) is 2.63. The molecule has 4 aliphatic carbocycles. The topological polar surface area (TPSA) is 36.3 Å². The van der Waals surface area contributed by atoms with E-state index in [0.717, 1.165) is 48.1 Å². The van der Waals surface area contributed by atoms with Gasteiger partial charge in [0.05, 0.1) is 11.7 Å². The van der Waals surface area contributed by atoms with Gasteiger partial charge in [0.2, 0.25) is 0 Å². The molecule has 0 unspecified atom stereocenters. The average molecular weight is 439 g/mol. The van der Waals surface area contributed by atoms with E-state index in [4.69, 9.17) is 10.1 Å². The van der Waals surface area contributed by atoms with Gasteiger partial charge in [-0.25, -0.2) is 0 Å². The third-order valence-corrected chi connectivity index (χ3v) is 11.9. The molecule has 2 saturated heterocycles. The van der Waals surface area contributed by atoms with Crippen molar-refractivity contribution in [3.8, 4) is 0 Å². The van der Waals surface area contributed by atoms with Gasteiger partial charge in [-0.3, -0.25) is 0 Å². The van der Waals surface area contributed by atoms with Crippen molar-refractivity contribution in [3.05, 3.63) is 11.1 Å². The van der Waals surface area contributed by atoms with Crippen LogP contribution in [0.15, 0.2) is 11.1 Å². The Labute approximate surface area is 196 Å². The minimum absolute atomic E-state index is 0.0750. The van der Waals surface area contributed by atoms with Gasteiger partial charge in [0.25, 0.3) is 0 Å². The van der Waals surface area contributed by atoms with E-state index < -0.39 is 0 Å². The molecule has 0 aromatic rings. The van der Waals surface area contributed by atoms with Crippen LogP contribution in [-0.2, 0) is 4.74 Å². The lowest BCUT2D eigenvalue weighted by Crippen LogP contribution is -2.49. The molecule has 0 amide bonds. The van der Waals surface area contributed by atoms with Gasteiger partial charge in [-0.1, -0.05) is 31.9 Å². The lowest BCUT2D eigenvalue weighted by Gasteiger charge is -2.52. The largest absolute Gasteiger partial charge is 0.369 e. The Morgan fingerprint density at radius 2 is 1.91 bits per heavy atom. The SMILES string of the molecule is CC1=C2C[C@H]3[C@@H](CC[C@@H]4CC(=N)CC[C@@]43C)[C@@H]2CC[C@@]2(C1)O[C@@H]1C[C@H](C)CN(C)[C@H]1[C@H]2C. The first-order valence-corrected chi connectivity index (χ1v) is 13.8. The van der Waals surface area contributed by atoms with Gasteiger partial charge in [-0.2, -0.15) is 0 Å². The Kier molecular flexibility index (Phi) is 5.06. The van der Waals surface area contributed by atoms with Crippen molar-refractivity contribution in [1.29, 1.82) is 5.41 Å². The van der Waals surface area contributed by atoms with Crippen molar-refractivity contribution in [2.75, 3.05) is 13.6 Å². The van der Waals surface area contributed by atoms with E-state index in [0.29, 0.717) is 23.5 Å². The molecule has 1 N–H and O–H groups in total. The maximum Gasteiger partial charge on any atom is 0.0765 e. The van der Waals surface area contributed by atoms with E-state index in [1.807, 2.05) is 5.57 Å². The highest BCUT2D eigenvalue weighted by atomic mass is 16.5. The zero-order chi connectivity index (χ0) is 22.4. The summed E-state index contributed by atoms with van der Waals surface area (Å²) in [6.07, 6.45) is 13.0. The van der Waals surface area contributed by atoms with Crippen LogP contribution in [0.2, 0.25) is 0 Å². The monoisotopic (exact) mass is 438 g/mol. The van der Waals surface area contributed by atoms with Crippen LogP contribution >= 0.6 is 0 Å². The van der Waals surface area contributed by atoms with Crippen LogP contribution in [0.4, 0.5) is 0 Å². The van der Waals surface area contributed by atoms with Crippen molar-refractivity contribution in [2.24, 2.45) is 40.9 Å². The molecule has 0 aromatic carbocycles. The summed E-state index contributed by atoms with van der Waals surface area (Å²) in [6.45, 7) is 11.2. The fraction of sp³-hybridized carbons (Fsp3) is 0.897. The smallest absolute Gasteiger partial charge is 0.0765 e. The molecule has 2 heterocycles. The summed E-state index contributed by atoms with van der Waals surface area (Å²) in [5, 5.41) is 8.29. The molecule has 0 bridgehead atoms. The molecule has 3 nitrogen and oxygen atoms in total. The van der Waals surface area contributed by atoms with E-state index in [1.54, 1.807) is 5.57 Å². The quantitative estimate of drug-likeness (QED) is 0.440. The summed E-state index contributed by atoms with van der Waals surface area (Å²) in [6, 6.07) is 0.613. The third-order valence-electron chi connectivity index (χ3n) is 11.9. The molecule has 10 atom stereocenters. The van der Waals surface area contributed by atoms with Gasteiger partial charge in [0.1, 0.15) is 0 Å².